The van der Waals surface area contributed by atoms with Crippen molar-refractivity contribution in [3.8, 4) is 0 Å². The van der Waals surface area contributed by atoms with E-state index < -0.39 is 52.3 Å². The Hall–Kier alpha value is -2.59. The Balaban J connectivity index is 2.02. The normalized spacial score (nSPS) is 19.0. The molecule has 35 heavy (non-hydrogen) atoms. The zero-order valence-corrected chi connectivity index (χ0v) is 19.8. The number of carbonyl (C=O) groups excluding carboxylic acids is 2. The Labute approximate surface area is 203 Å². The molecule has 190 valence electrons. The molecule has 0 radical (unpaired) electrons. The molecule has 1 fully saturated rings. The molecule has 1 aliphatic rings. The minimum atomic E-state index is -5.03. The van der Waals surface area contributed by atoms with E-state index in [4.69, 9.17) is 11.6 Å². The fraction of sp³-hybridized carbons (Fsp3) is 0.417. The van der Waals surface area contributed by atoms with Crippen LogP contribution >= 0.6 is 11.6 Å². The number of nitrogens with one attached hydrogen (secondary N) is 1. The largest absolute Gasteiger partial charge is 0.416 e. The number of aldehydes is 1. The zero-order chi connectivity index (χ0) is 26.3. The van der Waals surface area contributed by atoms with Crippen molar-refractivity contribution in [2.45, 2.75) is 43.6 Å². The van der Waals surface area contributed by atoms with Crippen molar-refractivity contribution in [2.75, 3.05) is 20.1 Å². The summed E-state index contributed by atoms with van der Waals surface area (Å²) in [5.74, 6) is -1.09. The summed E-state index contributed by atoms with van der Waals surface area (Å²) in [5.41, 5.74) is -4.25. The van der Waals surface area contributed by atoms with Crippen molar-refractivity contribution in [3.63, 3.8) is 0 Å². The molecule has 0 aliphatic carbocycles. The van der Waals surface area contributed by atoms with E-state index >= 15 is 0 Å². The maximum absolute atomic E-state index is 13.5. The molecule has 1 amide bonds. The number of nitrogens with zero attached hydrogens (tertiary/aromatic N) is 1. The number of hydrogen-bond donors (Lipinski definition) is 1. The topological polar surface area (TPSA) is 49.4 Å². The predicted molar refractivity (Wildman–Crippen MR) is 118 cm³/mol. The van der Waals surface area contributed by atoms with Crippen LogP contribution in [0.4, 0.5) is 26.3 Å². The second-order valence-electron chi connectivity index (χ2n) is 9.03. The standard InChI is InChI=1S/C24H23ClF6N2O2/c1-22(2,14-7-15(23(26,27)28)9-16(8-14)24(29,30)31)21(35)33(3)19-11-32-10-17(19)20-13(12-34)5-4-6-18(20)25/h4-9,12,17,19,32H,10-11H2,1-3H3. The van der Waals surface area contributed by atoms with Crippen LogP contribution in [0.5, 0.6) is 0 Å². The molecular formula is C24H23ClF6N2O2. The number of alkyl halides is 6. The number of hydrogen-bond acceptors (Lipinski definition) is 3. The van der Waals surface area contributed by atoms with E-state index in [1.807, 2.05) is 0 Å². The Bertz CT molecular complexity index is 1100. The van der Waals surface area contributed by atoms with Crippen LogP contribution in [-0.4, -0.2) is 43.3 Å². The van der Waals surface area contributed by atoms with Crippen LogP contribution in [0.2, 0.25) is 5.02 Å². The molecule has 2 aromatic carbocycles. The lowest BCUT2D eigenvalue weighted by Gasteiger charge is -2.36. The maximum Gasteiger partial charge on any atom is 0.416 e. The average molecular weight is 521 g/mol. The van der Waals surface area contributed by atoms with E-state index in [2.05, 4.69) is 5.32 Å². The Kier molecular flexibility index (Phi) is 7.30. The highest BCUT2D eigenvalue weighted by Gasteiger charge is 2.43. The summed E-state index contributed by atoms with van der Waals surface area (Å²) < 4.78 is 80.2. The van der Waals surface area contributed by atoms with Crippen molar-refractivity contribution in [2.24, 2.45) is 0 Å². The quantitative estimate of drug-likeness (QED) is 0.407. The van der Waals surface area contributed by atoms with Gasteiger partial charge in [-0.25, -0.2) is 0 Å². The predicted octanol–water partition coefficient (Wildman–Crippen LogP) is 5.68. The number of likely N-dealkylation sites (N-methyl/N-ethyl adjacent to an activating group) is 1. The minimum absolute atomic E-state index is 0.0308. The molecule has 0 saturated carbocycles. The third kappa shape index (κ3) is 5.33. The van der Waals surface area contributed by atoms with Gasteiger partial charge in [-0.15, -0.1) is 0 Å². The molecule has 3 rings (SSSR count). The fourth-order valence-electron chi connectivity index (χ4n) is 4.44. The molecule has 1 heterocycles. The first-order valence-corrected chi connectivity index (χ1v) is 11.0. The summed E-state index contributed by atoms with van der Waals surface area (Å²) in [6.07, 6.45) is -9.42. The van der Waals surface area contributed by atoms with Crippen LogP contribution in [0.15, 0.2) is 36.4 Å². The van der Waals surface area contributed by atoms with Gasteiger partial charge in [-0.3, -0.25) is 9.59 Å². The molecule has 1 saturated heterocycles. The van der Waals surface area contributed by atoms with Crippen molar-refractivity contribution < 1.29 is 35.9 Å². The number of halogens is 7. The molecule has 11 heteroatoms. The van der Waals surface area contributed by atoms with Crippen LogP contribution in [0.1, 0.15) is 52.4 Å². The fourth-order valence-corrected chi connectivity index (χ4v) is 4.77. The van der Waals surface area contributed by atoms with Gasteiger partial charge in [0.25, 0.3) is 0 Å². The molecule has 0 aromatic heterocycles. The van der Waals surface area contributed by atoms with Crippen LogP contribution in [-0.2, 0) is 22.6 Å². The van der Waals surface area contributed by atoms with Crippen LogP contribution in [0.3, 0.4) is 0 Å². The molecule has 2 atom stereocenters. The van der Waals surface area contributed by atoms with Crippen molar-refractivity contribution in [3.05, 3.63) is 69.2 Å². The first kappa shape index (κ1) is 27.0. The van der Waals surface area contributed by atoms with E-state index in [0.717, 1.165) is 0 Å². The molecule has 2 unspecified atom stereocenters. The summed E-state index contributed by atoms with van der Waals surface area (Å²) >= 11 is 6.34. The third-order valence-corrected chi connectivity index (χ3v) is 6.76. The van der Waals surface area contributed by atoms with Gasteiger partial charge in [0.2, 0.25) is 5.91 Å². The minimum Gasteiger partial charge on any atom is -0.340 e. The molecule has 1 aliphatic heterocycles. The second kappa shape index (κ2) is 9.46. The second-order valence-corrected chi connectivity index (χ2v) is 9.44. The van der Waals surface area contributed by atoms with Crippen LogP contribution in [0, 0.1) is 0 Å². The van der Waals surface area contributed by atoms with Crippen LogP contribution in [0.25, 0.3) is 0 Å². The highest BCUT2D eigenvalue weighted by molar-refractivity contribution is 6.31. The summed E-state index contributed by atoms with van der Waals surface area (Å²) in [6, 6.07) is 5.42. The zero-order valence-electron chi connectivity index (χ0n) is 19.0. The van der Waals surface area contributed by atoms with Crippen molar-refractivity contribution in [1.29, 1.82) is 0 Å². The summed E-state index contributed by atoms with van der Waals surface area (Å²) in [7, 11) is 1.43. The van der Waals surface area contributed by atoms with Gasteiger partial charge in [0.15, 0.2) is 0 Å². The highest BCUT2D eigenvalue weighted by Crippen LogP contribution is 2.40. The first-order chi connectivity index (χ1) is 16.1. The van der Waals surface area contributed by atoms with Gasteiger partial charge in [-0.1, -0.05) is 23.7 Å². The van der Waals surface area contributed by atoms with E-state index in [0.29, 0.717) is 47.7 Å². The molecular weight excluding hydrogens is 498 g/mol. The van der Waals surface area contributed by atoms with Crippen molar-refractivity contribution in [1.82, 2.24) is 10.2 Å². The highest BCUT2D eigenvalue weighted by atomic mass is 35.5. The Morgan fingerprint density at radius 1 is 1.00 bits per heavy atom. The molecule has 0 bridgehead atoms. The lowest BCUT2D eigenvalue weighted by Crippen LogP contribution is -2.49. The van der Waals surface area contributed by atoms with E-state index in [1.165, 1.54) is 25.8 Å². The Morgan fingerprint density at radius 2 is 1.54 bits per heavy atom. The van der Waals surface area contributed by atoms with Gasteiger partial charge in [0.05, 0.1) is 22.6 Å². The summed E-state index contributed by atoms with van der Waals surface area (Å²) in [6.45, 7) is 3.23. The summed E-state index contributed by atoms with van der Waals surface area (Å²) in [5, 5.41) is 3.44. The van der Waals surface area contributed by atoms with Crippen molar-refractivity contribution >= 4 is 23.8 Å². The lowest BCUT2D eigenvalue weighted by atomic mass is 9.80. The average Bonchev–Trinajstić information content (AvgIpc) is 3.25. The van der Waals surface area contributed by atoms with Gasteiger partial charge in [-0.2, -0.15) is 26.3 Å². The van der Waals surface area contributed by atoms with E-state index in [1.54, 1.807) is 18.2 Å². The van der Waals surface area contributed by atoms with E-state index in [9.17, 15) is 35.9 Å². The molecule has 0 spiro atoms. The smallest absolute Gasteiger partial charge is 0.340 e. The number of amides is 1. The van der Waals surface area contributed by atoms with Gasteiger partial charge in [0.1, 0.15) is 6.29 Å². The molecule has 4 nitrogen and oxygen atoms in total. The van der Waals surface area contributed by atoms with Gasteiger partial charge >= 0.3 is 12.4 Å². The maximum atomic E-state index is 13.5. The van der Waals surface area contributed by atoms with Gasteiger partial charge in [0, 0.05) is 36.6 Å². The third-order valence-electron chi connectivity index (χ3n) is 6.43. The van der Waals surface area contributed by atoms with Gasteiger partial charge < -0.3 is 10.2 Å². The van der Waals surface area contributed by atoms with E-state index in [-0.39, 0.29) is 6.07 Å². The molecule has 2 aromatic rings. The summed E-state index contributed by atoms with van der Waals surface area (Å²) in [4.78, 5) is 26.4. The first-order valence-electron chi connectivity index (χ1n) is 10.6. The molecule has 1 N–H and O–H groups in total. The number of rotatable bonds is 5. The van der Waals surface area contributed by atoms with Crippen LogP contribution < -0.4 is 5.32 Å². The monoisotopic (exact) mass is 520 g/mol. The number of benzene rings is 2. The number of carbonyl (C=O) groups is 2. The lowest BCUT2D eigenvalue weighted by molar-refractivity contribution is -0.144. The van der Waals surface area contributed by atoms with Gasteiger partial charge in [-0.05, 0) is 49.2 Å². The Morgan fingerprint density at radius 3 is 2.06 bits per heavy atom. The SMILES string of the molecule is CN(C(=O)C(C)(C)c1cc(C(F)(F)F)cc(C(F)(F)F)c1)C1CNCC1c1c(Cl)cccc1C=O.